The Morgan fingerprint density at radius 3 is 2.41 bits per heavy atom. The number of amides is 2. The van der Waals surface area contributed by atoms with Crippen LogP contribution in [0.3, 0.4) is 0 Å². The van der Waals surface area contributed by atoms with Gasteiger partial charge in [0.05, 0.1) is 23.0 Å². The zero-order valence-corrected chi connectivity index (χ0v) is 20.5. The lowest BCUT2D eigenvalue weighted by Gasteiger charge is -2.08. The second-order valence-electron chi connectivity index (χ2n) is 8.07. The lowest BCUT2D eigenvalue weighted by molar-refractivity contribution is -0.118. The van der Waals surface area contributed by atoms with Gasteiger partial charge < -0.3 is 15.4 Å². The summed E-state index contributed by atoms with van der Waals surface area (Å²) in [6.45, 7) is 7.42. The van der Waals surface area contributed by atoms with Gasteiger partial charge in [0.2, 0.25) is 5.91 Å². The number of anilines is 2. The number of para-hydroxylation sites is 1. The maximum atomic E-state index is 13.0. The van der Waals surface area contributed by atoms with Crippen LogP contribution in [0.25, 0.3) is 0 Å². The summed E-state index contributed by atoms with van der Waals surface area (Å²) in [7, 11) is 0. The number of allylic oxidation sites excluding steroid dienone is 1. The second kappa shape index (κ2) is 9.65. The molecule has 3 rings (SSSR count). The largest absolute Gasteiger partial charge is 0.462 e. The topological polar surface area (TPSA) is 84.5 Å². The number of ether oxygens (including phenoxy) is 1. The van der Waals surface area contributed by atoms with Crippen molar-refractivity contribution >= 4 is 63.0 Å². The molecule has 2 atom stereocenters. The standard InChI is InChI=1S/C23H24Cl2N2O4S/c1-5-31-22(30)16-12(2)18(20(29)26-13-9-7-6-8-10-13)32-21(16)27-19(28)17-14(11-15(24)25)23(17,3)4/h6-11,14,17H,5H2,1-4H3,(H,26,29)(H,27,28)/t14-,17-/m1/s1. The van der Waals surface area contributed by atoms with Gasteiger partial charge in [0.25, 0.3) is 5.91 Å². The van der Waals surface area contributed by atoms with E-state index in [2.05, 4.69) is 10.6 Å². The van der Waals surface area contributed by atoms with Gasteiger partial charge in [0.1, 0.15) is 9.49 Å². The maximum absolute atomic E-state index is 13.0. The van der Waals surface area contributed by atoms with E-state index in [1.54, 1.807) is 32.1 Å². The Labute approximate surface area is 200 Å². The second-order valence-corrected chi connectivity index (χ2v) is 10.1. The van der Waals surface area contributed by atoms with Crippen LogP contribution in [-0.4, -0.2) is 24.4 Å². The average Bonchev–Trinajstić information content (AvgIpc) is 3.08. The number of hydrogen-bond donors (Lipinski definition) is 2. The molecule has 1 saturated carbocycles. The van der Waals surface area contributed by atoms with E-state index in [0.717, 1.165) is 11.3 Å². The van der Waals surface area contributed by atoms with Crippen LogP contribution in [0.15, 0.2) is 40.9 Å². The molecule has 2 N–H and O–H groups in total. The zero-order valence-electron chi connectivity index (χ0n) is 18.1. The predicted molar refractivity (Wildman–Crippen MR) is 129 cm³/mol. The molecule has 1 fully saturated rings. The highest BCUT2D eigenvalue weighted by Gasteiger charge is 2.60. The summed E-state index contributed by atoms with van der Waals surface area (Å²) in [4.78, 5) is 38.9. The van der Waals surface area contributed by atoms with Crippen molar-refractivity contribution in [2.24, 2.45) is 17.3 Å². The van der Waals surface area contributed by atoms with Gasteiger partial charge in [0, 0.05) is 5.69 Å². The number of carbonyl (C=O) groups is 3. The Morgan fingerprint density at radius 2 is 1.81 bits per heavy atom. The molecule has 1 aromatic heterocycles. The van der Waals surface area contributed by atoms with Crippen LogP contribution in [0.1, 0.15) is 46.4 Å². The molecule has 1 aromatic carbocycles. The Kier molecular flexibility index (Phi) is 7.32. The third-order valence-corrected chi connectivity index (χ3v) is 7.06. The molecule has 1 aliphatic rings. The number of rotatable bonds is 7. The lowest BCUT2D eigenvalue weighted by atomic mass is 10.1. The first kappa shape index (κ1) is 24.3. The smallest absolute Gasteiger partial charge is 0.341 e. The fraction of sp³-hybridized carbons (Fsp3) is 0.348. The molecule has 170 valence electrons. The summed E-state index contributed by atoms with van der Waals surface area (Å²) in [6, 6.07) is 8.99. The first-order valence-corrected chi connectivity index (χ1v) is 11.7. The molecule has 0 bridgehead atoms. The zero-order chi connectivity index (χ0) is 23.6. The van der Waals surface area contributed by atoms with Crippen LogP contribution in [0.4, 0.5) is 10.7 Å². The van der Waals surface area contributed by atoms with Crippen molar-refractivity contribution in [2.75, 3.05) is 17.2 Å². The highest BCUT2D eigenvalue weighted by atomic mass is 35.5. The molecule has 9 heteroatoms. The predicted octanol–water partition coefficient (Wildman–Crippen LogP) is 6.02. The molecule has 0 spiro atoms. The van der Waals surface area contributed by atoms with E-state index in [1.165, 1.54) is 0 Å². The monoisotopic (exact) mass is 494 g/mol. The lowest BCUT2D eigenvalue weighted by Crippen LogP contribution is -2.18. The van der Waals surface area contributed by atoms with Crippen molar-refractivity contribution in [3.05, 3.63) is 56.9 Å². The van der Waals surface area contributed by atoms with Crippen LogP contribution < -0.4 is 10.6 Å². The van der Waals surface area contributed by atoms with Gasteiger partial charge >= 0.3 is 5.97 Å². The molecule has 0 unspecified atom stereocenters. The van der Waals surface area contributed by atoms with Gasteiger partial charge in [-0.1, -0.05) is 55.2 Å². The van der Waals surface area contributed by atoms with Crippen molar-refractivity contribution in [3.63, 3.8) is 0 Å². The van der Waals surface area contributed by atoms with E-state index in [4.69, 9.17) is 27.9 Å². The van der Waals surface area contributed by atoms with Crippen molar-refractivity contribution in [3.8, 4) is 0 Å². The number of benzene rings is 1. The molecule has 2 aromatic rings. The van der Waals surface area contributed by atoms with Gasteiger partial charge in [-0.25, -0.2) is 4.79 Å². The third-order valence-electron chi connectivity index (χ3n) is 5.60. The normalized spacial score (nSPS) is 18.4. The highest BCUT2D eigenvalue weighted by molar-refractivity contribution is 7.19. The number of carbonyl (C=O) groups excluding carboxylic acids is 3. The quantitative estimate of drug-likeness (QED) is 0.461. The van der Waals surface area contributed by atoms with E-state index in [9.17, 15) is 14.4 Å². The summed E-state index contributed by atoms with van der Waals surface area (Å²) in [6.07, 6.45) is 1.65. The number of thiophene rings is 1. The van der Waals surface area contributed by atoms with E-state index in [1.807, 2.05) is 32.0 Å². The Hall–Kier alpha value is -2.35. The summed E-state index contributed by atoms with van der Waals surface area (Å²) in [5.74, 6) is -1.72. The summed E-state index contributed by atoms with van der Waals surface area (Å²) >= 11 is 12.6. The molecular weight excluding hydrogens is 471 g/mol. The van der Waals surface area contributed by atoms with E-state index in [-0.39, 0.29) is 50.7 Å². The fourth-order valence-corrected chi connectivity index (χ4v) is 5.16. The van der Waals surface area contributed by atoms with Gasteiger partial charge in [-0.15, -0.1) is 11.3 Å². The first-order valence-electron chi connectivity index (χ1n) is 10.1. The van der Waals surface area contributed by atoms with E-state index in [0.29, 0.717) is 16.1 Å². The number of hydrogen-bond acceptors (Lipinski definition) is 5. The highest BCUT2D eigenvalue weighted by Crippen LogP contribution is 2.60. The molecule has 1 heterocycles. The molecule has 1 aliphatic carbocycles. The van der Waals surface area contributed by atoms with Crippen LogP contribution in [0.5, 0.6) is 0 Å². The Balaban J connectivity index is 1.90. The van der Waals surface area contributed by atoms with Gasteiger partial charge in [-0.2, -0.15) is 0 Å². The molecule has 0 aliphatic heterocycles. The average molecular weight is 495 g/mol. The van der Waals surface area contributed by atoms with E-state index >= 15 is 0 Å². The van der Waals surface area contributed by atoms with Crippen molar-refractivity contribution < 1.29 is 19.1 Å². The summed E-state index contributed by atoms with van der Waals surface area (Å²) in [5.41, 5.74) is 0.931. The molecule has 2 amide bonds. The molecule has 0 saturated heterocycles. The van der Waals surface area contributed by atoms with Crippen molar-refractivity contribution in [2.45, 2.75) is 27.7 Å². The minimum Gasteiger partial charge on any atom is -0.462 e. The van der Waals surface area contributed by atoms with Gasteiger partial charge in [0.15, 0.2) is 0 Å². The summed E-state index contributed by atoms with van der Waals surface area (Å²) < 4.78 is 5.28. The number of esters is 1. The van der Waals surface area contributed by atoms with Crippen LogP contribution in [0.2, 0.25) is 0 Å². The van der Waals surface area contributed by atoms with Crippen molar-refractivity contribution in [1.82, 2.24) is 0 Å². The molecule has 0 radical (unpaired) electrons. The van der Waals surface area contributed by atoms with Crippen LogP contribution >= 0.6 is 34.5 Å². The fourth-order valence-electron chi connectivity index (χ4n) is 3.79. The molecule has 32 heavy (non-hydrogen) atoms. The van der Waals surface area contributed by atoms with Gasteiger partial charge in [-0.3, -0.25) is 9.59 Å². The minimum atomic E-state index is -0.592. The Bertz CT molecular complexity index is 1080. The number of nitrogens with one attached hydrogen (secondary N) is 2. The first-order chi connectivity index (χ1) is 15.1. The molecular formula is C23H24Cl2N2O4S. The van der Waals surface area contributed by atoms with Crippen LogP contribution in [-0.2, 0) is 9.53 Å². The summed E-state index contributed by atoms with van der Waals surface area (Å²) in [5, 5.41) is 5.93. The third kappa shape index (κ3) is 5.00. The molecule has 6 nitrogen and oxygen atoms in total. The van der Waals surface area contributed by atoms with E-state index < -0.39 is 5.97 Å². The van der Waals surface area contributed by atoms with Gasteiger partial charge in [-0.05, 0) is 49.0 Å². The van der Waals surface area contributed by atoms with Crippen LogP contribution in [0, 0.1) is 24.2 Å². The number of halogens is 2. The SMILES string of the molecule is CCOC(=O)c1c(NC(=O)[C@H]2[C@@H](C=C(Cl)Cl)C2(C)C)sc(C(=O)Nc2ccccc2)c1C. The Morgan fingerprint density at radius 1 is 1.16 bits per heavy atom. The maximum Gasteiger partial charge on any atom is 0.341 e. The minimum absolute atomic E-state index is 0.109. The van der Waals surface area contributed by atoms with Crippen molar-refractivity contribution in [1.29, 1.82) is 0 Å².